The van der Waals surface area contributed by atoms with Crippen LogP contribution in [0.15, 0.2) is 96.9 Å². The van der Waals surface area contributed by atoms with Crippen molar-refractivity contribution in [2.75, 3.05) is 0 Å². The standard InChI is InChI=1S/C23H22N2/c24-14-13-20(17-7-3-1-4-8-17)19-11-12-21-22(16-25-23(21)15-19)18-9-5-2-6-10-18/h1-14,16,21,23,25H,15,24H2/b14-13-,20-19+. The van der Waals surface area contributed by atoms with Gasteiger partial charge >= 0.3 is 0 Å². The van der Waals surface area contributed by atoms with Gasteiger partial charge in [-0.15, -0.1) is 0 Å². The Balaban J connectivity index is 1.68. The molecule has 25 heavy (non-hydrogen) atoms. The Morgan fingerprint density at radius 3 is 2.44 bits per heavy atom. The van der Waals surface area contributed by atoms with Crippen molar-refractivity contribution in [1.82, 2.24) is 5.32 Å². The van der Waals surface area contributed by atoms with Crippen LogP contribution in [0.2, 0.25) is 0 Å². The van der Waals surface area contributed by atoms with E-state index in [0.717, 1.165) is 6.42 Å². The summed E-state index contributed by atoms with van der Waals surface area (Å²) in [6.45, 7) is 0. The molecule has 2 nitrogen and oxygen atoms in total. The highest BCUT2D eigenvalue weighted by molar-refractivity contribution is 5.80. The molecule has 2 aromatic carbocycles. The molecule has 0 spiro atoms. The van der Waals surface area contributed by atoms with Crippen molar-refractivity contribution in [2.24, 2.45) is 11.7 Å². The van der Waals surface area contributed by atoms with Gasteiger partial charge in [-0.05, 0) is 46.5 Å². The van der Waals surface area contributed by atoms with E-state index in [1.807, 2.05) is 12.1 Å². The maximum absolute atomic E-state index is 5.71. The van der Waals surface area contributed by atoms with E-state index in [1.54, 1.807) is 6.20 Å². The molecule has 1 heterocycles. The van der Waals surface area contributed by atoms with Crippen molar-refractivity contribution in [3.8, 4) is 0 Å². The molecule has 0 saturated heterocycles. The molecule has 2 aliphatic rings. The quantitative estimate of drug-likeness (QED) is 0.871. The maximum atomic E-state index is 5.71. The number of hydrogen-bond donors (Lipinski definition) is 2. The van der Waals surface area contributed by atoms with Crippen LogP contribution in [0.1, 0.15) is 17.5 Å². The van der Waals surface area contributed by atoms with Gasteiger partial charge in [-0.1, -0.05) is 72.8 Å². The molecule has 124 valence electrons. The van der Waals surface area contributed by atoms with Gasteiger partial charge in [-0.25, -0.2) is 0 Å². The molecule has 2 unspecified atom stereocenters. The van der Waals surface area contributed by atoms with Crippen molar-refractivity contribution in [3.63, 3.8) is 0 Å². The molecule has 0 bridgehead atoms. The summed E-state index contributed by atoms with van der Waals surface area (Å²) in [5.41, 5.74) is 12.1. The van der Waals surface area contributed by atoms with Gasteiger partial charge in [0.1, 0.15) is 0 Å². The molecular formula is C23H22N2. The minimum absolute atomic E-state index is 0.403. The van der Waals surface area contributed by atoms with Crippen molar-refractivity contribution in [3.05, 3.63) is 108 Å². The Bertz CT molecular complexity index is 857. The summed E-state index contributed by atoms with van der Waals surface area (Å²) in [5.74, 6) is 0.421. The topological polar surface area (TPSA) is 38.0 Å². The third kappa shape index (κ3) is 3.03. The Morgan fingerprint density at radius 1 is 1.00 bits per heavy atom. The first-order chi connectivity index (χ1) is 12.4. The average molecular weight is 326 g/mol. The van der Waals surface area contributed by atoms with E-state index >= 15 is 0 Å². The molecule has 2 aromatic rings. The van der Waals surface area contributed by atoms with Crippen LogP contribution in [0.5, 0.6) is 0 Å². The number of nitrogens with one attached hydrogen (secondary N) is 1. The number of benzene rings is 2. The van der Waals surface area contributed by atoms with Gasteiger partial charge in [0.2, 0.25) is 0 Å². The largest absolute Gasteiger partial charge is 0.405 e. The number of rotatable bonds is 3. The lowest BCUT2D eigenvalue weighted by molar-refractivity contribution is 0.541. The second kappa shape index (κ2) is 6.86. The molecule has 2 heteroatoms. The van der Waals surface area contributed by atoms with Gasteiger partial charge < -0.3 is 11.1 Å². The Morgan fingerprint density at radius 2 is 1.72 bits per heavy atom. The zero-order valence-corrected chi connectivity index (χ0v) is 14.1. The predicted octanol–water partition coefficient (Wildman–Crippen LogP) is 4.50. The van der Waals surface area contributed by atoms with Crippen molar-refractivity contribution >= 4 is 11.1 Å². The minimum atomic E-state index is 0.403. The third-order valence-corrected chi connectivity index (χ3v) is 4.99. The van der Waals surface area contributed by atoms with Gasteiger partial charge in [0, 0.05) is 18.2 Å². The number of allylic oxidation sites excluding steroid dienone is 3. The second-order valence-electron chi connectivity index (χ2n) is 6.49. The van der Waals surface area contributed by atoms with Crippen LogP contribution in [0.3, 0.4) is 0 Å². The normalized spacial score (nSPS) is 23.9. The second-order valence-corrected chi connectivity index (χ2v) is 6.49. The first-order valence-electron chi connectivity index (χ1n) is 8.73. The van der Waals surface area contributed by atoms with Crippen LogP contribution in [0.25, 0.3) is 11.1 Å². The van der Waals surface area contributed by atoms with Crippen molar-refractivity contribution in [2.45, 2.75) is 12.5 Å². The molecule has 1 aliphatic heterocycles. The maximum Gasteiger partial charge on any atom is 0.0400 e. The Labute approximate surface area is 149 Å². The first-order valence-corrected chi connectivity index (χ1v) is 8.73. The number of nitrogens with two attached hydrogens (primary N) is 1. The fraction of sp³-hybridized carbons (Fsp3) is 0.130. The zero-order valence-electron chi connectivity index (χ0n) is 14.1. The Hall–Kier alpha value is -3.00. The van der Waals surface area contributed by atoms with Crippen LogP contribution >= 0.6 is 0 Å². The van der Waals surface area contributed by atoms with E-state index in [2.05, 4.69) is 78.3 Å². The van der Waals surface area contributed by atoms with E-state index in [0.29, 0.717) is 12.0 Å². The molecule has 4 rings (SSSR count). The van der Waals surface area contributed by atoms with Crippen LogP contribution in [0.4, 0.5) is 0 Å². The molecule has 2 atom stereocenters. The molecular weight excluding hydrogens is 304 g/mol. The fourth-order valence-electron chi connectivity index (χ4n) is 3.77. The van der Waals surface area contributed by atoms with Crippen LogP contribution in [0, 0.1) is 5.92 Å². The summed E-state index contributed by atoms with van der Waals surface area (Å²) in [6.07, 6.45) is 11.4. The highest BCUT2D eigenvalue weighted by Crippen LogP contribution is 2.39. The van der Waals surface area contributed by atoms with Gasteiger partial charge in [0.15, 0.2) is 0 Å². The van der Waals surface area contributed by atoms with E-state index in [9.17, 15) is 0 Å². The predicted molar refractivity (Wildman–Crippen MR) is 105 cm³/mol. The summed E-state index contributed by atoms with van der Waals surface area (Å²) in [7, 11) is 0. The summed E-state index contributed by atoms with van der Waals surface area (Å²) in [6, 6.07) is 21.5. The van der Waals surface area contributed by atoms with E-state index in [-0.39, 0.29) is 0 Å². The molecule has 0 saturated carbocycles. The molecule has 0 aromatic heterocycles. The molecule has 3 N–H and O–H groups in total. The summed E-state index contributed by atoms with van der Waals surface area (Å²) < 4.78 is 0. The van der Waals surface area contributed by atoms with E-state index in [4.69, 9.17) is 5.73 Å². The molecule has 0 fully saturated rings. The van der Waals surface area contributed by atoms with Crippen molar-refractivity contribution < 1.29 is 0 Å². The van der Waals surface area contributed by atoms with Crippen molar-refractivity contribution in [1.29, 1.82) is 0 Å². The Kier molecular flexibility index (Phi) is 4.26. The monoisotopic (exact) mass is 326 g/mol. The van der Waals surface area contributed by atoms with E-state index < -0.39 is 0 Å². The van der Waals surface area contributed by atoms with Crippen LogP contribution in [-0.2, 0) is 0 Å². The zero-order chi connectivity index (χ0) is 17.1. The lowest BCUT2D eigenvalue weighted by Gasteiger charge is -2.26. The van der Waals surface area contributed by atoms with E-state index in [1.165, 1.54) is 27.8 Å². The number of fused-ring (bicyclic) bond motifs is 1. The lowest BCUT2D eigenvalue weighted by Crippen LogP contribution is -2.29. The van der Waals surface area contributed by atoms with Gasteiger partial charge in [0.25, 0.3) is 0 Å². The molecule has 0 radical (unpaired) electrons. The molecule has 1 aliphatic carbocycles. The SMILES string of the molecule is N/C=C\C(=C1\C=CC2C(c3ccccc3)=CNC2C1)c1ccccc1. The molecule has 0 amide bonds. The highest BCUT2D eigenvalue weighted by Gasteiger charge is 2.31. The average Bonchev–Trinajstić information content (AvgIpc) is 3.10. The first kappa shape index (κ1) is 15.5. The summed E-state index contributed by atoms with van der Waals surface area (Å²) >= 11 is 0. The number of hydrogen-bond acceptors (Lipinski definition) is 2. The fourth-order valence-corrected chi connectivity index (χ4v) is 3.77. The summed E-state index contributed by atoms with van der Waals surface area (Å²) in [4.78, 5) is 0. The van der Waals surface area contributed by atoms with Gasteiger partial charge in [-0.3, -0.25) is 0 Å². The van der Waals surface area contributed by atoms with Gasteiger partial charge in [0.05, 0.1) is 0 Å². The summed E-state index contributed by atoms with van der Waals surface area (Å²) in [5, 5.41) is 3.58. The van der Waals surface area contributed by atoms with Crippen LogP contribution < -0.4 is 11.1 Å². The van der Waals surface area contributed by atoms with Crippen LogP contribution in [-0.4, -0.2) is 6.04 Å². The third-order valence-electron chi connectivity index (χ3n) is 4.99. The smallest absolute Gasteiger partial charge is 0.0400 e. The van der Waals surface area contributed by atoms with Gasteiger partial charge in [-0.2, -0.15) is 0 Å². The highest BCUT2D eigenvalue weighted by atomic mass is 14.9. The minimum Gasteiger partial charge on any atom is -0.405 e. The lowest BCUT2D eigenvalue weighted by atomic mass is 9.81.